The van der Waals surface area contributed by atoms with Crippen molar-refractivity contribution >= 4 is 17.6 Å². The van der Waals surface area contributed by atoms with Gasteiger partial charge in [0.25, 0.3) is 0 Å². The monoisotopic (exact) mass is 398 g/mol. The molecule has 1 aliphatic heterocycles. The van der Waals surface area contributed by atoms with E-state index in [1.165, 1.54) is 11.1 Å². The van der Waals surface area contributed by atoms with Crippen LogP contribution in [-0.4, -0.2) is 28.4 Å². The van der Waals surface area contributed by atoms with Crippen LogP contribution in [0, 0.1) is 6.92 Å². The van der Waals surface area contributed by atoms with E-state index in [0.29, 0.717) is 11.6 Å². The van der Waals surface area contributed by atoms with Gasteiger partial charge in [0.05, 0.1) is 13.2 Å². The van der Waals surface area contributed by atoms with Crippen molar-refractivity contribution in [1.29, 1.82) is 0 Å². The van der Waals surface area contributed by atoms with E-state index in [2.05, 4.69) is 59.5 Å². The first-order chi connectivity index (χ1) is 14.5. The van der Waals surface area contributed by atoms with Gasteiger partial charge in [-0.25, -0.2) is 0 Å². The Kier molecular flexibility index (Phi) is 5.32. The summed E-state index contributed by atoms with van der Waals surface area (Å²) in [4.78, 5) is 14.0. The maximum absolute atomic E-state index is 11.7. The number of rotatable bonds is 7. The highest BCUT2D eigenvalue weighted by Gasteiger charge is 2.28. The number of hydrogen-bond acceptors (Lipinski definition) is 3. The van der Waals surface area contributed by atoms with Crippen molar-refractivity contribution in [2.75, 3.05) is 7.11 Å². The zero-order chi connectivity index (χ0) is 21.3. The molecule has 2 heterocycles. The minimum absolute atomic E-state index is 0.0216. The summed E-state index contributed by atoms with van der Waals surface area (Å²) in [6, 6.07) is 10.6. The fourth-order valence-corrected chi connectivity index (χ4v) is 3.88. The summed E-state index contributed by atoms with van der Waals surface area (Å²) in [5.41, 5.74) is 6.44. The molecule has 4 heteroatoms. The molecule has 152 valence electrons. The predicted octanol–water partition coefficient (Wildman–Crippen LogP) is 5.14. The number of allylic oxidation sites excluding steroid dienone is 4. The fourth-order valence-electron chi connectivity index (χ4n) is 3.88. The van der Waals surface area contributed by atoms with Crippen LogP contribution in [0.5, 0.6) is 5.75 Å². The van der Waals surface area contributed by atoms with Gasteiger partial charge in [0.2, 0.25) is 0 Å². The van der Waals surface area contributed by atoms with Gasteiger partial charge in [-0.1, -0.05) is 30.9 Å². The second-order valence-corrected chi connectivity index (χ2v) is 7.61. The van der Waals surface area contributed by atoms with Crippen molar-refractivity contribution in [2.24, 2.45) is 0 Å². The summed E-state index contributed by atoms with van der Waals surface area (Å²) in [6.45, 7) is 8.24. The molecule has 1 aromatic carbocycles. The van der Waals surface area contributed by atoms with Crippen LogP contribution in [0.1, 0.15) is 23.7 Å². The molecule has 4 rings (SSSR count). The van der Waals surface area contributed by atoms with Crippen LogP contribution in [0.4, 0.5) is 0 Å². The van der Waals surface area contributed by atoms with Gasteiger partial charge in [0, 0.05) is 35.9 Å². The first kappa shape index (κ1) is 19.8. The maximum atomic E-state index is 11.7. The van der Waals surface area contributed by atoms with Crippen molar-refractivity contribution in [1.82, 2.24) is 9.47 Å². The standard InChI is InChI=1S/C26H26N2O2/c1-5-21(19(3)29)14-22-12-13-28(18(22)2)24-8-11-26-23(15-24)17-27(26)16-20-6-9-25(30-4)10-7-20/h5-15,17,26H,1,16H2,2-4H3/b21-14+. The molecule has 1 unspecified atom stereocenters. The Morgan fingerprint density at radius 3 is 2.63 bits per heavy atom. The Hall–Kier alpha value is -3.53. The third-order valence-corrected chi connectivity index (χ3v) is 5.70. The van der Waals surface area contributed by atoms with Gasteiger partial charge in [0.1, 0.15) is 5.75 Å². The molecule has 0 bridgehead atoms. The molecule has 0 spiro atoms. The van der Waals surface area contributed by atoms with Crippen molar-refractivity contribution in [2.45, 2.75) is 26.4 Å². The highest BCUT2D eigenvalue weighted by molar-refractivity contribution is 6.00. The number of hydrogen-bond donors (Lipinski definition) is 0. The second kappa shape index (κ2) is 8.07. The highest BCUT2D eigenvalue weighted by Crippen LogP contribution is 2.34. The molecule has 0 radical (unpaired) electrons. The molecule has 1 aliphatic carbocycles. The van der Waals surface area contributed by atoms with Crippen LogP contribution in [0.15, 0.2) is 84.8 Å². The Morgan fingerprint density at radius 1 is 1.23 bits per heavy atom. The summed E-state index contributed by atoms with van der Waals surface area (Å²) in [6.07, 6.45) is 14.4. The quantitative estimate of drug-likeness (QED) is 0.478. The largest absolute Gasteiger partial charge is 0.497 e. The molecule has 0 fully saturated rings. The number of nitrogens with zero attached hydrogens (tertiary/aromatic N) is 2. The molecular weight excluding hydrogens is 372 g/mol. The van der Waals surface area contributed by atoms with E-state index in [0.717, 1.165) is 29.2 Å². The summed E-state index contributed by atoms with van der Waals surface area (Å²) < 4.78 is 7.39. The van der Waals surface area contributed by atoms with Crippen LogP contribution in [0.25, 0.3) is 11.8 Å². The van der Waals surface area contributed by atoms with E-state index in [9.17, 15) is 4.79 Å². The van der Waals surface area contributed by atoms with Gasteiger partial charge >= 0.3 is 0 Å². The molecule has 0 saturated heterocycles. The van der Waals surface area contributed by atoms with Gasteiger partial charge in [-0.05, 0) is 67.0 Å². The number of fused-ring (bicyclic) bond motifs is 1. The highest BCUT2D eigenvalue weighted by atomic mass is 16.5. The molecule has 4 nitrogen and oxygen atoms in total. The Bertz CT molecular complexity index is 1110. The number of ketones is 1. The number of ether oxygens (including phenoxy) is 1. The number of carbonyl (C=O) groups excluding carboxylic acids is 1. The number of benzene rings is 1. The topological polar surface area (TPSA) is 34.5 Å². The summed E-state index contributed by atoms with van der Waals surface area (Å²) >= 11 is 0. The van der Waals surface area contributed by atoms with E-state index in [4.69, 9.17) is 4.74 Å². The molecule has 2 aliphatic rings. The van der Waals surface area contributed by atoms with Crippen LogP contribution in [0.3, 0.4) is 0 Å². The molecule has 1 atom stereocenters. The van der Waals surface area contributed by atoms with E-state index in [1.54, 1.807) is 20.1 Å². The van der Waals surface area contributed by atoms with Crippen LogP contribution in [0.2, 0.25) is 0 Å². The van der Waals surface area contributed by atoms with Crippen molar-refractivity contribution in [3.63, 3.8) is 0 Å². The first-order valence-electron chi connectivity index (χ1n) is 10.0. The number of aromatic nitrogens is 1. The maximum Gasteiger partial charge on any atom is 0.159 e. The average Bonchev–Trinajstić information content (AvgIpc) is 3.10. The van der Waals surface area contributed by atoms with E-state index >= 15 is 0 Å². The molecular formula is C26H26N2O2. The van der Waals surface area contributed by atoms with Crippen LogP contribution in [-0.2, 0) is 11.3 Å². The number of methoxy groups -OCH3 is 1. The Labute approximate surface area is 177 Å². The van der Waals surface area contributed by atoms with E-state index in [-0.39, 0.29) is 5.78 Å². The SMILES string of the molecule is C=C/C(=C\c1ccn(C2=CC3=CN(Cc4ccc(OC)cc4)C3C=C2)c1C)C(C)=O. The van der Waals surface area contributed by atoms with E-state index in [1.807, 2.05) is 30.5 Å². The third kappa shape index (κ3) is 3.69. The summed E-state index contributed by atoms with van der Waals surface area (Å²) in [7, 11) is 1.68. The van der Waals surface area contributed by atoms with E-state index < -0.39 is 0 Å². The fraction of sp³-hybridized carbons (Fsp3) is 0.192. The smallest absolute Gasteiger partial charge is 0.159 e. The second-order valence-electron chi connectivity index (χ2n) is 7.61. The summed E-state index contributed by atoms with van der Waals surface area (Å²) in [5, 5.41) is 0. The predicted molar refractivity (Wildman–Crippen MR) is 122 cm³/mol. The van der Waals surface area contributed by atoms with Gasteiger partial charge in [-0.2, -0.15) is 0 Å². The number of Topliss-reactive ketones (excluding diaryl/α,β-unsaturated/α-hetero) is 1. The molecule has 0 N–H and O–H groups in total. The molecule has 2 aromatic rings. The van der Waals surface area contributed by atoms with Gasteiger partial charge in [-0.15, -0.1) is 0 Å². The lowest BCUT2D eigenvalue weighted by atomic mass is 9.93. The third-order valence-electron chi connectivity index (χ3n) is 5.70. The lowest BCUT2D eigenvalue weighted by molar-refractivity contribution is -0.113. The van der Waals surface area contributed by atoms with Crippen molar-refractivity contribution in [3.8, 4) is 5.75 Å². The molecule has 1 aromatic heterocycles. The lowest BCUT2D eigenvalue weighted by Crippen LogP contribution is -2.39. The number of carbonyl (C=O) groups is 1. The lowest BCUT2D eigenvalue weighted by Gasteiger charge is -2.40. The van der Waals surface area contributed by atoms with Gasteiger partial charge < -0.3 is 14.2 Å². The van der Waals surface area contributed by atoms with Gasteiger partial charge in [-0.3, -0.25) is 4.79 Å². The molecule has 30 heavy (non-hydrogen) atoms. The first-order valence-corrected chi connectivity index (χ1v) is 10.0. The Morgan fingerprint density at radius 2 is 2.00 bits per heavy atom. The Balaban J connectivity index is 1.51. The molecule has 0 saturated carbocycles. The summed E-state index contributed by atoms with van der Waals surface area (Å²) in [5.74, 6) is 0.900. The van der Waals surface area contributed by atoms with Crippen LogP contribution < -0.4 is 4.74 Å². The molecule has 0 amide bonds. The van der Waals surface area contributed by atoms with Crippen molar-refractivity contribution < 1.29 is 9.53 Å². The average molecular weight is 399 g/mol. The van der Waals surface area contributed by atoms with Gasteiger partial charge in [0.15, 0.2) is 5.78 Å². The zero-order valence-electron chi connectivity index (χ0n) is 17.6. The minimum Gasteiger partial charge on any atom is -0.497 e. The van der Waals surface area contributed by atoms with Crippen molar-refractivity contribution in [3.05, 3.63) is 102 Å². The minimum atomic E-state index is 0.0216. The zero-order valence-corrected chi connectivity index (χ0v) is 17.6. The normalized spacial score (nSPS) is 17.6. The van der Waals surface area contributed by atoms with Crippen LogP contribution >= 0.6 is 0 Å².